The zero-order valence-electron chi connectivity index (χ0n) is 76.4. The van der Waals surface area contributed by atoms with Crippen molar-refractivity contribution in [3.63, 3.8) is 0 Å². The molecule has 3 fully saturated rings. The van der Waals surface area contributed by atoms with Gasteiger partial charge in [-0.3, -0.25) is 4.90 Å². The van der Waals surface area contributed by atoms with E-state index in [1.807, 2.05) is 67.2 Å². The van der Waals surface area contributed by atoms with E-state index < -0.39 is 0 Å². The van der Waals surface area contributed by atoms with Gasteiger partial charge in [-0.1, -0.05) is 180 Å². The van der Waals surface area contributed by atoms with Gasteiger partial charge in [0.15, 0.2) is 11.5 Å². The molecule has 13 aromatic rings. The lowest BCUT2D eigenvalue weighted by atomic mass is 10.0. The Labute approximate surface area is 730 Å². The van der Waals surface area contributed by atoms with Crippen LogP contribution < -0.4 is 19.7 Å². The summed E-state index contributed by atoms with van der Waals surface area (Å²) in [4.78, 5) is 48.3. The molecule has 650 valence electrons. The first-order chi connectivity index (χ1) is 58.0. The number of amides is 1. The molecule has 1 N–H and O–H groups in total. The molecule has 3 aromatic carbocycles. The quantitative estimate of drug-likeness (QED) is 0.0600. The number of benzene rings is 3. The molecule has 2 atom stereocenters. The predicted octanol–water partition coefficient (Wildman–Crippen LogP) is 24.1. The van der Waals surface area contributed by atoms with Gasteiger partial charge < -0.3 is 37.5 Å². The highest BCUT2D eigenvalue weighted by atomic mass is 32.1. The molecule has 1 amide bonds. The Morgan fingerprint density at radius 3 is 1.40 bits per heavy atom. The average molecular weight is 1680 g/mol. The van der Waals surface area contributed by atoms with Gasteiger partial charge in [-0.05, 0) is 237 Å². The van der Waals surface area contributed by atoms with Crippen LogP contribution in [0.5, 0.6) is 11.8 Å². The Morgan fingerprint density at radius 2 is 0.934 bits per heavy atom. The Kier molecular flexibility index (Phi) is 38.1. The second kappa shape index (κ2) is 48.4. The highest BCUT2D eigenvalue weighted by molar-refractivity contribution is 7.18. The van der Waals surface area contributed by atoms with Crippen LogP contribution in [0, 0.1) is 61.2 Å². The fourth-order valence-corrected chi connectivity index (χ4v) is 16.1. The maximum Gasteiger partial charge on any atom is 0.415 e. The van der Waals surface area contributed by atoms with Gasteiger partial charge in [0.25, 0.3) is 0 Å². The molecule has 3 saturated heterocycles. The fourth-order valence-electron chi connectivity index (χ4n) is 14.4. The number of cyclic esters (lactones) is 1. The lowest BCUT2D eigenvalue weighted by molar-refractivity contribution is 0.138. The molecular formula is C101H138N12O6S2. The van der Waals surface area contributed by atoms with Crippen LogP contribution in [-0.2, 0) is 80.1 Å². The number of aromatic nitrogens is 10. The van der Waals surface area contributed by atoms with Gasteiger partial charge in [0.2, 0.25) is 11.8 Å². The van der Waals surface area contributed by atoms with E-state index in [2.05, 4.69) is 302 Å². The number of thiazole rings is 2. The third-order valence-electron chi connectivity index (χ3n) is 19.8. The summed E-state index contributed by atoms with van der Waals surface area (Å²) < 4.78 is 34.0. The fraction of sp³-hybridized carbons (Fsp3) is 0.495. The number of imidazole rings is 2. The summed E-state index contributed by atoms with van der Waals surface area (Å²) in [5.74, 6) is 8.44. The van der Waals surface area contributed by atoms with Crippen molar-refractivity contribution in [3.8, 4) is 11.8 Å². The van der Waals surface area contributed by atoms with E-state index in [-0.39, 0.29) is 12.2 Å². The monoisotopic (exact) mass is 1680 g/mol. The first-order valence-electron chi connectivity index (χ1n) is 44.4. The molecule has 0 spiro atoms. The van der Waals surface area contributed by atoms with Crippen LogP contribution in [-0.4, -0.2) is 106 Å². The molecule has 10 aromatic heterocycles. The maximum atomic E-state index is 11.3. The van der Waals surface area contributed by atoms with Crippen molar-refractivity contribution in [1.82, 2.24) is 54.0 Å². The Morgan fingerprint density at radius 1 is 0.455 bits per heavy atom. The highest BCUT2D eigenvalue weighted by Crippen LogP contribution is 2.28. The number of aryl methyl sites for hydroxylation is 5. The van der Waals surface area contributed by atoms with Crippen molar-refractivity contribution in [3.05, 3.63) is 230 Å². The summed E-state index contributed by atoms with van der Waals surface area (Å²) in [7, 11) is 0. The number of fused-ring (bicyclic) bond motifs is 5. The van der Waals surface area contributed by atoms with Crippen molar-refractivity contribution >= 4 is 77.4 Å². The second-order valence-electron chi connectivity index (χ2n) is 35.6. The standard InChI is InChI=1S/C13H20N2O.C13H18N2.C13H19NO2.C13H17NO.C13H17NS.C12H16N2O2.C12H16N2.C12H15NS/c1-10(2)7-11-3-4-13(15-8-11)16-12-5-6-14-9-12;1-4-12-9-15-8-11(7-10(2)3)5-6-13(15)14-12;1-10(2)7-11-3-4-13(14-8-11)16-12-5-6-15-9-12;2*1-4-13-14-11-8-10(7-9(2)3)5-6-12(11)15-13;1-9(2)7-10-3-4-11(13-8-10)14-5-6-16-12(14)15;1-9(2)6-11-4-5-12-13-10(3)7-14(12)8-11;1-8(2)6-10-4-5-12-11(7-10)13-9(3)14-12/h3-4,8,10,12,14H,5-7,9H2,1-2H3;5-6,8-10H,4,7H2,1-3H3;3-4,8,10,12H,5-7,9H2,1-2H3;2*5-6,8-9H,4,7H2,1-3H3;3-4,8-9H,5-7H2,1-2H3;4-5,7-9H,6H2,1-3H3;4-5,7-8H,6H2,1-3H3. The van der Waals surface area contributed by atoms with E-state index >= 15 is 0 Å². The van der Waals surface area contributed by atoms with Gasteiger partial charge in [0.05, 0.1) is 61.6 Å². The molecule has 0 bridgehead atoms. The third kappa shape index (κ3) is 32.7. The second-order valence-corrected chi connectivity index (χ2v) is 37.9. The molecule has 16 rings (SSSR count). The number of hydrogen-bond acceptors (Lipinski definition) is 17. The number of hydrogen-bond donors (Lipinski definition) is 1. The molecule has 0 aliphatic carbocycles. The molecule has 2 unspecified atom stereocenters. The molecule has 3 aliphatic rings. The van der Waals surface area contributed by atoms with E-state index in [0.717, 1.165) is 159 Å². The number of anilines is 1. The zero-order chi connectivity index (χ0) is 87.1. The minimum absolute atomic E-state index is 0.184. The minimum Gasteiger partial charge on any atom is -0.473 e. The van der Waals surface area contributed by atoms with E-state index in [0.29, 0.717) is 84.9 Å². The van der Waals surface area contributed by atoms with Crippen molar-refractivity contribution < 1.29 is 28.2 Å². The Balaban J connectivity index is 0.000000157. The van der Waals surface area contributed by atoms with Crippen LogP contribution in [0.1, 0.15) is 216 Å². The topological polar surface area (TPSA) is 194 Å². The van der Waals surface area contributed by atoms with Crippen molar-refractivity contribution in [2.45, 2.75) is 241 Å². The van der Waals surface area contributed by atoms with Crippen LogP contribution in [0.2, 0.25) is 0 Å². The van der Waals surface area contributed by atoms with Crippen LogP contribution in [0.4, 0.5) is 10.6 Å². The van der Waals surface area contributed by atoms with Gasteiger partial charge >= 0.3 is 6.09 Å². The Bertz CT molecular complexity index is 4840. The first-order valence-corrected chi connectivity index (χ1v) is 46.1. The van der Waals surface area contributed by atoms with E-state index in [9.17, 15) is 4.79 Å². The minimum atomic E-state index is -0.302. The molecule has 121 heavy (non-hydrogen) atoms. The van der Waals surface area contributed by atoms with Gasteiger partial charge in [-0.15, -0.1) is 22.7 Å². The van der Waals surface area contributed by atoms with E-state index in [4.69, 9.17) is 23.4 Å². The normalized spacial score (nSPS) is 14.4. The average Bonchev–Trinajstić information content (AvgIpc) is 1.72. The predicted molar refractivity (Wildman–Crippen MR) is 503 cm³/mol. The zero-order valence-corrected chi connectivity index (χ0v) is 78.0. The van der Waals surface area contributed by atoms with Crippen LogP contribution in [0.3, 0.4) is 0 Å². The van der Waals surface area contributed by atoms with Crippen molar-refractivity contribution in [2.24, 2.45) is 47.3 Å². The lowest BCUT2D eigenvalue weighted by Gasteiger charge is -2.12. The number of ether oxygens (including phenoxy) is 4. The number of oxazole rings is 1. The van der Waals surface area contributed by atoms with Crippen LogP contribution in [0.25, 0.3) is 42.8 Å². The third-order valence-corrected chi connectivity index (χ3v) is 21.9. The van der Waals surface area contributed by atoms with Crippen molar-refractivity contribution in [2.75, 3.05) is 44.4 Å². The molecule has 18 nitrogen and oxygen atoms in total. The van der Waals surface area contributed by atoms with Crippen molar-refractivity contribution in [1.29, 1.82) is 0 Å². The van der Waals surface area contributed by atoms with Gasteiger partial charge in [-0.25, -0.2) is 44.7 Å². The molecule has 13 heterocycles. The largest absolute Gasteiger partial charge is 0.473 e. The summed E-state index contributed by atoms with van der Waals surface area (Å²) >= 11 is 3.58. The summed E-state index contributed by atoms with van der Waals surface area (Å²) in [6, 6.07) is 40.2. The smallest absolute Gasteiger partial charge is 0.415 e. The van der Waals surface area contributed by atoms with Gasteiger partial charge in [0.1, 0.15) is 41.4 Å². The molecule has 0 saturated carbocycles. The molecule has 20 heteroatoms. The highest BCUT2D eigenvalue weighted by Gasteiger charge is 2.25. The number of carbonyl (C=O) groups is 1. The summed E-state index contributed by atoms with van der Waals surface area (Å²) in [5.41, 5.74) is 19.2. The number of nitrogens with zero attached hydrogens (tertiary/aromatic N) is 11. The number of rotatable bonds is 24. The summed E-state index contributed by atoms with van der Waals surface area (Å²) in [5, 5.41) is 5.67. The molecule has 3 aliphatic heterocycles. The number of nitrogens with one attached hydrogen (secondary N) is 1. The molecule has 0 radical (unpaired) electrons. The maximum absolute atomic E-state index is 11.3. The van der Waals surface area contributed by atoms with Gasteiger partial charge in [-0.2, -0.15) is 0 Å². The number of pyridine rings is 5. The van der Waals surface area contributed by atoms with E-state index in [1.54, 1.807) is 16.2 Å². The SMILES string of the molecule is CC(C)Cc1ccc(N2CCOC2=O)nc1.CC(C)Cc1ccc(OC2CCNC2)nc1.CC(C)Cc1ccc(OC2CCOC2)nc1.CCc1cn2cc(CC(C)C)ccc2n1.CCc1nc2cc(CC(C)C)ccc2o1.CCc1nc2cc(CC(C)C)ccc2s1.Cc1cn2cc(CC(C)C)ccc2n1.Cc1nc2cc(CC(C)C)ccc2s1. The molecular weight excluding hydrogens is 1540 g/mol. The van der Waals surface area contributed by atoms with Crippen LogP contribution in [0.15, 0.2) is 163 Å². The summed E-state index contributed by atoms with van der Waals surface area (Å²) in [6.45, 7) is 50.6. The summed E-state index contributed by atoms with van der Waals surface area (Å²) in [6.07, 6.45) is 28.2. The van der Waals surface area contributed by atoms with Crippen LogP contribution >= 0.6 is 22.7 Å². The lowest BCUT2D eigenvalue weighted by Crippen LogP contribution is -2.24. The van der Waals surface area contributed by atoms with E-state index in [1.165, 1.54) is 64.4 Å². The van der Waals surface area contributed by atoms with Gasteiger partial charge in [0, 0.05) is 74.9 Å². The number of carbonyl (C=O) groups excluding carboxylic acids is 1. The Hall–Kier alpha value is -9.47. The first kappa shape index (κ1) is 95.4.